The Morgan fingerprint density at radius 1 is 0.886 bits per heavy atom. The number of carbonyl (C=O) groups excluding carboxylic acids is 2. The number of nitrogens with zero attached hydrogens (tertiary/aromatic N) is 1. The smallest absolute Gasteiger partial charge is 0.411 e. The molecule has 2 fully saturated rings. The summed E-state index contributed by atoms with van der Waals surface area (Å²) in [5.41, 5.74) is 1.64. The maximum Gasteiger partial charge on any atom is 0.411 e. The van der Waals surface area contributed by atoms with Gasteiger partial charge < -0.3 is 14.2 Å². The Morgan fingerprint density at radius 3 is 2.09 bits per heavy atom. The van der Waals surface area contributed by atoms with Gasteiger partial charge in [-0.15, -0.1) is 0 Å². The van der Waals surface area contributed by atoms with Crippen LogP contribution in [0.25, 0.3) is 0 Å². The van der Waals surface area contributed by atoms with Crippen LogP contribution in [-0.2, 0) is 25.6 Å². The Morgan fingerprint density at radius 2 is 1.49 bits per heavy atom. The Labute approximate surface area is 205 Å². The monoisotopic (exact) mass is 471 g/mol. The number of benzene rings is 3. The number of ether oxygens (including phenoxy) is 3. The lowest BCUT2D eigenvalue weighted by molar-refractivity contribution is -0.191. The van der Waals surface area contributed by atoms with Crippen molar-refractivity contribution in [2.24, 2.45) is 0 Å². The average molecular weight is 472 g/mol. The van der Waals surface area contributed by atoms with Gasteiger partial charge in [0, 0.05) is 13.0 Å². The molecular weight excluding hydrogens is 442 g/mol. The molecule has 5 rings (SSSR count). The van der Waals surface area contributed by atoms with Crippen LogP contribution in [0.3, 0.4) is 0 Å². The van der Waals surface area contributed by atoms with Crippen molar-refractivity contribution >= 4 is 11.9 Å². The molecule has 35 heavy (non-hydrogen) atoms. The fraction of sp³-hybridized carbons (Fsp3) is 0.310. The van der Waals surface area contributed by atoms with E-state index in [0.717, 1.165) is 16.7 Å². The van der Waals surface area contributed by atoms with Gasteiger partial charge in [0.05, 0.1) is 19.3 Å². The molecule has 0 unspecified atom stereocenters. The number of amides is 1. The lowest BCUT2D eigenvalue weighted by atomic mass is 9.71. The summed E-state index contributed by atoms with van der Waals surface area (Å²) >= 11 is 0. The second-order valence-corrected chi connectivity index (χ2v) is 8.92. The number of hydrogen-bond donors (Lipinski definition) is 0. The number of Topliss-reactive ketones (excluding diaryl/α,β-unsaturated/α-hetero) is 1. The minimum absolute atomic E-state index is 0.0554. The maximum atomic E-state index is 13.4. The van der Waals surface area contributed by atoms with Crippen LogP contribution >= 0.6 is 0 Å². The summed E-state index contributed by atoms with van der Waals surface area (Å²) in [6.45, 7) is 2.61. The van der Waals surface area contributed by atoms with E-state index >= 15 is 0 Å². The molecular formula is C29H29NO5. The molecule has 4 atom stereocenters. The van der Waals surface area contributed by atoms with E-state index in [1.165, 1.54) is 0 Å². The molecule has 1 aliphatic carbocycles. The SMILES string of the molecule is CCO[C@]1(COCc2ccccc2)C(=O)C[C@H]1N1C(=O)O[C@@H](c2ccccc2)[C@H]1c1ccccc1. The van der Waals surface area contributed by atoms with Crippen LogP contribution in [0.15, 0.2) is 91.0 Å². The van der Waals surface area contributed by atoms with Crippen LogP contribution < -0.4 is 0 Å². The quantitative estimate of drug-likeness (QED) is 0.426. The molecule has 1 saturated heterocycles. The minimum atomic E-state index is -1.22. The van der Waals surface area contributed by atoms with Gasteiger partial charge in [0.25, 0.3) is 0 Å². The Hall–Kier alpha value is -3.48. The Balaban J connectivity index is 1.46. The molecule has 0 radical (unpaired) electrons. The van der Waals surface area contributed by atoms with Crippen molar-refractivity contribution in [1.82, 2.24) is 4.90 Å². The molecule has 2 aliphatic rings. The fourth-order valence-corrected chi connectivity index (χ4v) is 5.13. The first-order valence-corrected chi connectivity index (χ1v) is 12.0. The van der Waals surface area contributed by atoms with Gasteiger partial charge in [-0.25, -0.2) is 4.79 Å². The highest BCUT2D eigenvalue weighted by Gasteiger charge is 2.63. The Bertz CT molecular complexity index is 1150. The first-order valence-electron chi connectivity index (χ1n) is 12.0. The molecule has 1 heterocycles. The van der Waals surface area contributed by atoms with Gasteiger partial charge >= 0.3 is 6.09 Å². The summed E-state index contributed by atoms with van der Waals surface area (Å²) in [5.74, 6) is -0.0554. The topological polar surface area (TPSA) is 65.1 Å². The molecule has 0 N–H and O–H groups in total. The van der Waals surface area contributed by atoms with Crippen molar-refractivity contribution in [3.05, 3.63) is 108 Å². The zero-order valence-electron chi connectivity index (χ0n) is 19.7. The normalized spacial score (nSPS) is 25.9. The second-order valence-electron chi connectivity index (χ2n) is 8.92. The largest absolute Gasteiger partial charge is 0.439 e. The number of rotatable bonds is 9. The number of cyclic esters (lactones) is 1. The number of ketones is 1. The van der Waals surface area contributed by atoms with E-state index in [1.54, 1.807) is 4.90 Å². The maximum absolute atomic E-state index is 13.4. The predicted molar refractivity (Wildman–Crippen MR) is 131 cm³/mol. The van der Waals surface area contributed by atoms with E-state index in [9.17, 15) is 9.59 Å². The number of carbonyl (C=O) groups is 2. The third kappa shape index (κ3) is 4.35. The van der Waals surface area contributed by atoms with Crippen LogP contribution in [0.5, 0.6) is 0 Å². The van der Waals surface area contributed by atoms with Crippen molar-refractivity contribution in [2.45, 2.75) is 43.7 Å². The summed E-state index contributed by atoms with van der Waals surface area (Å²) in [6, 6.07) is 28.4. The molecule has 0 aromatic heterocycles. The van der Waals surface area contributed by atoms with Gasteiger partial charge in [0.2, 0.25) is 0 Å². The first kappa shape index (κ1) is 23.3. The fourth-order valence-electron chi connectivity index (χ4n) is 5.13. The lowest BCUT2D eigenvalue weighted by Gasteiger charge is -2.51. The molecule has 180 valence electrons. The lowest BCUT2D eigenvalue weighted by Crippen LogP contribution is -2.71. The number of hydrogen-bond acceptors (Lipinski definition) is 5. The van der Waals surface area contributed by atoms with Gasteiger partial charge in [0.15, 0.2) is 17.5 Å². The summed E-state index contributed by atoms with van der Waals surface area (Å²) in [6.07, 6.45) is -0.738. The standard InChI is InChI=1S/C29H29NO5/c1-2-34-29(20-33-19-21-12-6-3-7-13-21)24(18-25(29)31)30-26(22-14-8-4-9-15-22)27(35-28(30)32)23-16-10-5-11-17-23/h3-17,24,26-27H,2,18-20H2,1H3/t24-,26-,27+,29+/m1/s1. The van der Waals surface area contributed by atoms with Crippen LogP contribution in [0.4, 0.5) is 4.79 Å². The summed E-state index contributed by atoms with van der Waals surface area (Å²) in [5, 5.41) is 0. The molecule has 6 nitrogen and oxygen atoms in total. The van der Waals surface area contributed by atoms with Crippen molar-refractivity contribution < 1.29 is 23.8 Å². The van der Waals surface area contributed by atoms with Crippen LogP contribution in [0, 0.1) is 0 Å². The zero-order chi connectivity index (χ0) is 24.3. The molecule has 1 amide bonds. The van der Waals surface area contributed by atoms with Crippen LogP contribution in [0.1, 0.15) is 42.2 Å². The molecule has 1 aliphatic heterocycles. The predicted octanol–water partition coefficient (Wildman–Crippen LogP) is 5.25. The highest BCUT2D eigenvalue weighted by Crippen LogP contribution is 2.49. The van der Waals surface area contributed by atoms with Gasteiger partial charge in [-0.3, -0.25) is 9.69 Å². The molecule has 3 aromatic carbocycles. The zero-order valence-corrected chi connectivity index (χ0v) is 19.7. The molecule has 0 spiro atoms. The molecule has 1 saturated carbocycles. The summed E-state index contributed by atoms with van der Waals surface area (Å²) in [7, 11) is 0. The van der Waals surface area contributed by atoms with Gasteiger partial charge in [0.1, 0.15) is 6.04 Å². The average Bonchev–Trinajstić information content (AvgIpc) is 3.24. The third-order valence-corrected chi connectivity index (χ3v) is 6.85. The summed E-state index contributed by atoms with van der Waals surface area (Å²) in [4.78, 5) is 28.1. The third-order valence-electron chi connectivity index (χ3n) is 6.85. The highest BCUT2D eigenvalue weighted by atomic mass is 16.6. The van der Waals surface area contributed by atoms with E-state index < -0.39 is 29.9 Å². The van der Waals surface area contributed by atoms with Gasteiger partial charge in [-0.2, -0.15) is 0 Å². The van der Waals surface area contributed by atoms with Gasteiger partial charge in [-0.1, -0.05) is 91.0 Å². The van der Waals surface area contributed by atoms with E-state index in [2.05, 4.69) is 0 Å². The van der Waals surface area contributed by atoms with Crippen molar-refractivity contribution in [3.63, 3.8) is 0 Å². The highest BCUT2D eigenvalue weighted by molar-refractivity contribution is 5.97. The van der Waals surface area contributed by atoms with Crippen molar-refractivity contribution in [2.75, 3.05) is 13.2 Å². The molecule has 0 bridgehead atoms. The van der Waals surface area contributed by atoms with Crippen molar-refractivity contribution in [3.8, 4) is 0 Å². The molecule has 6 heteroatoms. The summed E-state index contributed by atoms with van der Waals surface area (Å²) < 4.78 is 18.0. The second kappa shape index (κ2) is 10.0. The van der Waals surface area contributed by atoms with E-state index in [0.29, 0.717) is 13.2 Å². The van der Waals surface area contributed by atoms with E-state index in [-0.39, 0.29) is 18.8 Å². The van der Waals surface area contributed by atoms with Gasteiger partial charge in [-0.05, 0) is 23.6 Å². The van der Waals surface area contributed by atoms with Crippen LogP contribution in [-0.4, -0.2) is 41.6 Å². The van der Waals surface area contributed by atoms with Crippen molar-refractivity contribution in [1.29, 1.82) is 0 Å². The minimum Gasteiger partial charge on any atom is -0.439 e. The van der Waals surface area contributed by atoms with E-state index in [4.69, 9.17) is 14.2 Å². The first-order chi connectivity index (χ1) is 17.1. The van der Waals surface area contributed by atoms with Crippen LogP contribution in [0.2, 0.25) is 0 Å². The van der Waals surface area contributed by atoms with E-state index in [1.807, 2.05) is 97.9 Å². The molecule has 3 aromatic rings. The Kier molecular flexibility index (Phi) is 6.66.